The molecule has 1 heterocycles. The van der Waals surface area contributed by atoms with E-state index < -0.39 is 0 Å². The van der Waals surface area contributed by atoms with Gasteiger partial charge < -0.3 is 5.32 Å². The third kappa shape index (κ3) is 2.33. The Balaban J connectivity index is 1.98. The predicted octanol–water partition coefficient (Wildman–Crippen LogP) is 4.14. The van der Waals surface area contributed by atoms with Gasteiger partial charge >= 0.3 is 0 Å². The highest BCUT2D eigenvalue weighted by Gasteiger charge is 2.30. The molecule has 0 bridgehead atoms. The molecule has 4 unspecified atom stereocenters. The first kappa shape index (κ1) is 12.1. The van der Waals surface area contributed by atoms with Gasteiger partial charge in [-0.1, -0.05) is 13.8 Å². The van der Waals surface area contributed by atoms with Crippen molar-refractivity contribution in [1.29, 1.82) is 0 Å². The SMILES string of the molecule is Cc1ccsc1C(C)NC1CCC(C)C1C. The summed E-state index contributed by atoms with van der Waals surface area (Å²) in [7, 11) is 0. The van der Waals surface area contributed by atoms with Gasteiger partial charge in [-0.15, -0.1) is 11.3 Å². The largest absolute Gasteiger partial charge is 0.306 e. The average molecular weight is 237 g/mol. The van der Waals surface area contributed by atoms with Crippen LogP contribution in [0.3, 0.4) is 0 Å². The van der Waals surface area contributed by atoms with E-state index in [4.69, 9.17) is 0 Å². The number of nitrogens with one attached hydrogen (secondary N) is 1. The molecule has 1 nitrogen and oxygen atoms in total. The Morgan fingerprint density at radius 1 is 1.38 bits per heavy atom. The average Bonchev–Trinajstić information content (AvgIpc) is 2.79. The van der Waals surface area contributed by atoms with Gasteiger partial charge in [-0.2, -0.15) is 0 Å². The van der Waals surface area contributed by atoms with E-state index in [0.29, 0.717) is 12.1 Å². The highest BCUT2D eigenvalue weighted by atomic mass is 32.1. The molecule has 2 rings (SSSR count). The van der Waals surface area contributed by atoms with Gasteiger partial charge in [0.05, 0.1) is 0 Å². The first-order chi connectivity index (χ1) is 7.59. The van der Waals surface area contributed by atoms with Crippen molar-refractivity contribution in [2.24, 2.45) is 11.8 Å². The maximum atomic E-state index is 3.81. The van der Waals surface area contributed by atoms with Crippen molar-refractivity contribution in [3.8, 4) is 0 Å². The van der Waals surface area contributed by atoms with E-state index in [1.54, 1.807) is 0 Å². The summed E-state index contributed by atoms with van der Waals surface area (Å²) >= 11 is 1.88. The molecule has 1 saturated carbocycles. The van der Waals surface area contributed by atoms with Gasteiger partial charge in [-0.25, -0.2) is 0 Å². The molecule has 1 aromatic rings. The zero-order valence-corrected chi connectivity index (χ0v) is 11.6. The predicted molar refractivity (Wildman–Crippen MR) is 72.0 cm³/mol. The highest BCUT2D eigenvalue weighted by Crippen LogP contribution is 2.33. The fourth-order valence-corrected chi connectivity index (χ4v) is 3.77. The lowest BCUT2D eigenvalue weighted by Gasteiger charge is -2.24. The number of aryl methyl sites for hydroxylation is 1. The quantitative estimate of drug-likeness (QED) is 0.833. The van der Waals surface area contributed by atoms with Crippen LogP contribution in [-0.2, 0) is 0 Å². The van der Waals surface area contributed by atoms with Crippen LogP contribution in [0.15, 0.2) is 11.4 Å². The maximum absolute atomic E-state index is 3.81. The summed E-state index contributed by atoms with van der Waals surface area (Å²) in [5.74, 6) is 1.71. The standard InChI is InChI=1S/C14H23NS/c1-9-5-6-13(11(9)3)15-12(4)14-10(2)7-8-16-14/h7-9,11-13,15H,5-6H2,1-4H3. The van der Waals surface area contributed by atoms with Gasteiger partial charge in [-0.05, 0) is 55.5 Å². The molecule has 0 amide bonds. The van der Waals surface area contributed by atoms with Crippen molar-refractivity contribution in [2.75, 3.05) is 0 Å². The lowest BCUT2D eigenvalue weighted by molar-refractivity contribution is 0.348. The molecule has 4 atom stereocenters. The van der Waals surface area contributed by atoms with Crippen molar-refractivity contribution < 1.29 is 0 Å². The van der Waals surface area contributed by atoms with Crippen LogP contribution in [0.5, 0.6) is 0 Å². The van der Waals surface area contributed by atoms with E-state index >= 15 is 0 Å². The number of thiophene rings is 1. The molecular weight excluding hydrogens is 214 g/mol. The molecule has 0 radical (unpaired) electrons. The second-order valence-electron chi connectivity index (χ2n) is 5.38. The van der Waals surface area contributed by atoms with Crippen LogP contribution < -0.4 is 5.32 Å². The van der Waals surface area contributed by atoms with E-state index in [2.05, 4.69) is 44.5 Å². The Bertz CT molecular complexity index is 344. The minimum Gasteiger partial charge on any atom is -0.306 e. The monoisotopic (exact) mass is 237 g/mol. The van der Waals surface area contributed by atoms with Gasteiger partial charge in [0, 0.05) is 17.0 Å². The van der Waals surface area contributed by atoms with Crippen molar-refractivity contribution in [3.05, 3.63) is 21.9 Å². The molecule has 0 aromatic carbocycles. The number of rotatable bonds is 3. The first-order valence-corrected chi connectivity index (χ1v) is 7.27. The van der Waals surface area contributed by atoms with Gasteiger partial charge in [0.25, 0.3) is 0 Å². The topological polar surface area (TPSA) is 12.0 Å². The van der Waals surface area contributed by atoms with Crippen LogP contribution in [0, 0.1) is 18.8 Å². The molecule has 2 heteroatoms. The third-order valence-electron chi connectivity index (χ3n) is 4.22. The second kappa shape index (κ2) is 4.89. The summed E-state index contributed by atoms with van der Waals surface area (Å²) in [6.45, 7) is 9.29. The number of hydrogen-bond donors (Lipinski definition) is 1. The van der Waals surface area contributed by atoms with Crippen LogP contribution in [0.25, 0.3) is 0 Å². The van der Waals surface area contributed by atoms with E-state index in [1.165, 1.54) is 23.3 Å². The zero-order chi connectivity index (χ0) is 11.7. The molecule has 1 N–H and O–H groups in total. The lowest BCUT2D eigenvalue weighted by Crippen LogP contribution is -2.34. The molecule has 0 saturated heterocycles. The maximum Gasteiger partial charge on any atom is 0.0391 e. The summed E-state index contributed by atoms with van der Waals surface area (Å²) in [5, 5.41) is 6.01. The molecule has 1 fully saturated rings. The minimum absolute atomic E-state index is 0.512. The van der Waals surface area contributed by atoms with E-state index in [-0.39, 0.29) is 0 Å². The van der Waals surface area contributed by atoms with Gasteiger partial charge in [-0.3, -0.25) is 0 Å². The fourth-order valence-electron chi connectivity index (χ4n) is 2.82. The lowest BCUT2D eigenvalue weighted by atomic mass is 9.97. The van der Waals surface area contributed by atoms with Crippen molar-refractivity contribution in [1.82, 2.24) is 5.32 Å². The molecular formula is C14H23NS. The molecule has 1 aliphatic rings. The van der Waals surface area contributed by atoms with Crippen LogP contribution >= 0.6 is 11.3 Å². The van der Waals surface area contributed by atoms with E-state index in [1.807, 2.05) is 11.3 Å². The van der Waals surface area contributed by atoms with Gasteiger partial charge in [0.2, 0.25) is 0 Å². The zero-order valence-electron chi connectivity index (χ0n) is 10.8. The Labute approximate surface area is 103 Å². The fraction of sp³-hybridized carbons (Fsp3) is 0.714. The Hall–Kier alpha value is -0.340. The molecule has 1 aromatic heterocycles. The van der Waals surface area contributed by atoms with Crippen molar-refractivity contribution in [2.45, 2.75) is 52.6 Å². The Kier molecular flexibility index (Phi) is 3.70. The van der Waals surface area contributed by atoms with E-state index in [0.717, 1.165) is 11.8 Å². The van der Waals surface area contributed by atoms with Crippen LogP contribution in [0.1, 0.15) is 50.1 Å². The molecule has 90 valence electrons. The summed E-state index contributed by atoms with van der Waals surface area (Å²) in [5.41, 5.74) is 1.43. The summed E-state index contributed by atoms with van der Waals surface area (Å²) < 4.78 is 0. The first-order valence-electron chi connectivity index (χ1n) is 6.39. The summed E-state index contributed by atoms with van der Waals surface area (Å²) in [4.78, 5) is 1.51. The normalized spacial score (nSPS) is 31.9. The molecule has 16 heavy (non-hydrogen) atoms. The minimum atomic E-state index is 0.512. The van der Waals surface area contributed by atoms with Crippen molar-refractivity contribution >= 4 is 11.3 Å². The summed E-state index contributed by atoms with van der Waals surface area (Å²) in [6.07, 6.45) is 2.73. The van der Waals surface area contributed by atoms with Crippen LogP contribution in [0.4, 0.5) is 0 Å². The van der Waals surface area contributed by atoms with Gasteiger partial charge in [0.1, 0.15) is 0 Å². The molecule has 0 aliphatic heterocycles. The third-order valence-corrected chi connectivity index (χ3v) is 5.43. The number of hydrogen-bond acceptors (Lipinski definition) is 2. The van der Waals surface area contributed by atoms with E-state index in [9.17, 15) is 0 Å². The summed E-state index contributed by atoms with van der Waals surface area (Å²) in [6, 6.07) is 3.45. The van der Waals surface area contributed by atoms with Crippen molar-refractivity contribution in [3.63, 3.8) is 0 Å². The molecule has 1 aliphatic carbocycles. The van der Waals surface area contributed by atoms with Gasteiger partial charge in [0.15, 0.2) is 0 Å². The second-order valence-corrected chi connectivity index (χ2v) is 6.32. The van der Waals surface area contributed by atoms with Crippen LogP contribution in [0.2, 0.25) is 0 Å². The molecule has 0 spiro atoms. The smallest absolute Gasteiger partial charge is 0.0391 e. The van der Waals surface area contributed by atoms with Crippen LogP contribution in [-0.4, -0.2) is 6.04 Å². The Morgan fingerprint density at radius 3 is 2.62 bits per heavy atom. The Morgan fingerprint density at radius 2 is 2.12 bits per heavy atom. The highest BCUT2D eigenvalue weighted by molar-refractivity contribution is 7.10.